The van der Waals surface area contributed by atoms with E-state index in [2.05, 4.69) is 4.98 Å². The van der Waals surface area contributed by atoms with Crippen LogP contribution in [0, 0.1) is 0 Å². The van der Waals surface area contributed by atoms with Gasteiger partial charge in [-0.15, -0.1) is 0 Å². The molecular formula is C13H16F3NO2. The van der Waals surface area contributed by atoms with Crippen molar-refractivity contribution in [2.24, 2.45) is 0 Å². The topological polar surface area (TPSA) is 31.4 Å². The molecule has 1 aliphatic carbocycles. The molecular weight excluding hydrogens is 259 g/mol. The van der Waals surface area contributed by atoms with E-state index < -0.39 is 17.3 Å². The van der Waals surface area contributed by atoms with E-state index in [1.54, 1.807) is 20.8 Å². The SMILES string of the molecule is CC(C)(C)Oc1ncc(C(F)(F)F)cc1OC1CC1. The first-order valence-electron chi connectivity index (χ1n) is 6.08. The maximum Gasteiger partial charge on any atom is 0.418 e. The highest BCUT2D eigenvalue weighted by molar-refractivity contribution is 5.38. The molecule has 19 heavy (non-hydrogen) atoms. The lowest BCUT2D eigenvalue weighted by Crippen LogP contribution is -2.24. The lowest BCUT2D eigenvalue weighted by molar-refractivity contribution is -0.138. The molecule has 0 atom stereocenters. The third kappa shape index (κ3) is 4.01. The van der Waals surface area contributed by atoms with Crippen LogP contribution in [0.1, 0.15) is 39.2 Å². The Balaban J connectivity index is 2.30. The number of hydrogen-bond acceptors (Lipinski definition) is 3. The van der Waals surface area contributed by atoms with Crippen LogP contribution in [0.5, 0.6) is 11.6 Å². The molecule has 0 aliphatic heterocycles. The number of halogens is 3. The quantitative estimate of drug-likeness (QED) is 0.840. The van der Waals surface area contributed by atoms with E-state index in [0.29, 0.717) is 0 Å². The average molecular weight is 275 g/mol. The first-order valence-corrected chi connectivity index (χ1v) is 6.08. The normalized spacial score (nSPS) is 16.3. The van der Waals surface area contributed by atoms with Crippen LogP contribution in [0.3, 0.4) is 0 Å². The van der Waals surface area contributed by atoms with Crippen molar-refractivity contribution in [3.63, 3.8) is 0 Å². The van der Waals surface area contributed by atoms with Crippen molar-refractivity contribution >= 4 is 0 Å². The van der Waals surface area contributed by atoms with Gasteiger partial charge in [0.1, 0.15) is 5.60 Å². The number of pyridine rings is 1. The van der Waals surface area contributed by atoms with E-state index in [1.807, 2.05) is 0 Å². The summed E-state index contributed by atoms with van der Waals surface area (Å²) < 4.78 is 48.9. The Morgan fingerprint density at radius 2 is 1.84 bits per heavy atom. The third-order valence-electron chi connectivity index (χ3n) is 2.37. The van der Waals surface area contributed by atoms with E-state index in [1.165, 1.54) is 0 Å². The van der Waals surface area contributed by atoms with Crippen molar-refractivity contribution < 1.29 is 22.6 Å². The first-order chi connectivity index (χ1) is 8.65. The van der Waals surface area contributed by atoms with Crippen LogP contribution in [0.25, 0.3) is 0 Å². The molecule has 6 heteroatoms. The van der Waals surface area contributed by atoms with Gasteiger partial charge >= 0.3 is 6.18 Å². The van der Waals surface area contributed by atoms with E-state index in [4.69, 9.17) is 9.47 Å². The van der Waals surface area contributed by atoms with Crippen LogP contribution in [0.2, 0.25) is 0 Å². The molecule has 1 aliphatic rings. The van der Waals surface area contributed by atoms with Gasteiger partial charge in [0.15, 0.2) is 5.75 Å². The van der Waals surface area contributed by atoms with Crippen molar-refractivity contribution in [3.8, 4) is 11.6 Å². The van der Waals surface area contributed by atoms with E-state index in [-0.39, 0.29) is 17.7 Å². The zero-order valence-electron chi connectivity index (χ0n) is 11.0. The Bertz CT molecular complexity index is 462. The minimum absolute atomic E-state index is 0.0207. The van der Waals surface area contributed by atoms with Crippen molar-refractivity contribution in [2.45, 2.75) is 51.5 Å². The highest BCUT2D eigenvalue weighted by Crippen LogP contribution is 2.38. The van der Waals surface area contributed by atoms with Crippen LogP contribution >= 0.6 is 0 Å². The molecule has 1 fully saturated rings. The highest BCUT2D eigenvalue weighted by Gasteiger charge is 2.34. The summed E-state index contributed by atoms with van der Waals surface area (Å²) >= 11 is 0. The van der Waals surface area contributed by atoms with Gasteiger partial charge in [0.05, 0.1) is 11.7 Å². The Kier molecular flexibility index (Phi) is 3.36. The number of aromatic nitrogens is 1. The van der Waals surface area contributed by atoms with Crippen molar-refractivity contribution in [2.75, 3.05) is 0 Å². The van der Waals surface area contributed by atoms with Crippen LogP contribution < -0.4 is 9.47 Å². The summed E-state index contributed by atoms with van der Waals surface area (Å²) in [5.41, 5.74) is -1.38. The summed E-state index contributed by atoms with van der Waals surface area (Å²) in [6, 6.07) is 0.951. The van der Waals surface area contributed by atoms with Gasteiger partial charge in [0, 0.05) is 6.20 Å². The van der Waals surface area contributed by atoms with Gasteiger partial charge in [0.25, 0.3) is 5.88 Å². The monoisotopic (exact) mass is 275 g/mol. The molecule has 1 aromatic rings. The second kappa shape index (κ2) is 4.58. The molecule has 0 bridgehead atoms. The fraction of sp³-hybridized carbons (Fsp3) is 0.615. The molecule has 1 aromatic heterocycles. The number of alkyl halides is 3. The molecule has 3 nitrogen and oxygen atoms in total. The molecule has 2 rings (SSSR count). The number of rotatable bonds is 3. The summed E-state index contributed by atoms with van der Waals surface area (Å²) in [5.74, 6) is 0.166. The molecule has 0 N–H and O–H groups in total. The van der Waals surface area contributed by atoms with E-state index in [0.717, 1.165) is 25.1 Å². The molecule has 0 radical (unpaired) electrons. The molecule has 0 aromatic carbocycles. The van der Waals surface area contributed by atoms with Crippen LogP contribution in [0.4, 0.5) is 13.2 Å². The predicted molar refractivity (Wildman–Crippen MR) is 63.3 cm³/mol. The zero-order valence-corrected chi connectivity index (χ0v) is 11.0. The second-order valence-electron chi connectivity index (χ2n) is 5.56. The number of hydrogen-bond donors (Lipinski definition) is 0. The summed E-state index contributed by atoms with van der Waals surface area (Å²) in [7, 11) is 0. The standard InChI is InChI=1S/C13H16F3NO2/c1-12(2,3)19-11-10(18-9-4-5-9)6-8(7-17-11)13(14,15)16/h6-7,9H,4-5H2,1-3H3. The molecule has 1 heterocycles. The average Bonchev–Trinajstić information content (AvgIpc) is 3.00. The smallest absolute Gasteiger partial charge is 0.418 e. The Labute approximate surface area is 109 Å². The van der Waals surface area contributed by atoms with Gasteiger partial charge in [-0.1, -0.05) is 0 Å². The largest absolute Gasteiger partial charge is 0.485 e. The fourth-order valence-corrected chi connectivity index (χ4v) is 1.40. The summed E-state index contributed by atoms with van der Waals surface area (Å²) in [6.45, 7) is 5.40. The predicted octanol–water partition coefficient (Wildman–Crippen LogP) is 3.82. The van der Waals surface area contributed by atoms with Gasteiger partial charge in [-0.05, 0) is 39.7 Å². The molecule has 106 valence electrons. The maximum atomic E-state index is 12.7. The molecule has 0 spiro atoms. The Morgan fingerprint density at radius 1 is 1.21 bits per heavy atom. The Hall–Kier alpha value is -1.46. The van der Waals surface area contributed by atoms with Gasteiger partial charge in [-0.3, -0.25) is 0 Å². The lowest BCUT2D eigenvalue weighted by Gasteiger charge is -2.22. The lowest BCUT2D eigenvalue weighted by atomic mass is 10.2. The minimum Gasteiger partial charge on any atom is -0.485 e. The Morgan fingerprint density at radius 3 is 2.32 bits per heavy atom. The molecule has 0 saturated heterocycles. The van der Waals surface area contributed by atoms with E-state index >= 15 is 0 Å². The van der Waals surface area contributed by atoms with Crippen LogP contribution in [-0.2, 0) is 6.18 Å². The van der Waals surface area contributed by atoms with E-state index in [9.17, 15) is 13.2 Å². The minimum atomic E-state index is -4.44. The highest BCUT2D eigenvalue weighted by atomic mass is 19.4. The first kappa shape index (κ1) is 14.0. The van der Waals surface area contributed by atoms with Crippen molar-refractivity contribution in [1.29, 1.82) is 0 Å². The number of nitrogens with zero attached hydrogens (tertiary/aromatic N) is 1. The van der Waals surface area contributed by atoms with Gasteiger partial charge in [-0.25, -0.2) is 4.98 Å². The zero-order chi connectivity index (χ0) is 14.3. The summed E-state index contributed by atoms with van der Waals surface area (Å²) in [5, 5.41) is 0. The second-order valence-corrected chi connectivity index (χ2v) is 5.56. The van der Waals surface area contributed by atoms with Crippen molar-refractivity contribution in [3.05, 3.63) is 17.8 Å². The van der Waals surface area contributed by atoms with Crippen LogP contribution in [0.15, 0.2) is 12.3 Å². The molecule has 1 saturated carbocycles. The van der Waals surface area contributed by atoms with Crippen molar-refractivity contribution in [1.82, 2.24) is 4.98 Å². The van der Waals surface area contributed by atoms with Gasteiger partial charge in [-0.2, -0.15) is 13.2 Å². The molecule has 0 unspecified atom stereocenters. The fourth-order valence-electron chi connectivity index (χ4n) is 1.40. The summed E-state index contributed by atoms with van der Waals surface area (Å²) in [4.78, 5) is 3.74. The summed E-state index contributed by atoms with van der Waals surface area (Å²) in [6.07, 6.45) is -1.99. The number of ether oxygens (including phenoxy) is 2. The van der Waals surface area contributed by atoms with Crippen LogP contribution in [-0.4, -0.2) is 16.7 Å². The van der Waals surface area contributed by atoms with Gasteiger partial charge < -0.3 is 9.47 Å². The molecule has 0 amide bonds. The maximum absolute atomic E-state index is 12.7. The third-order valence-corrected chi connectivity index (χ3v) is 2.37. The van der Waals surface area contributed by atoms with Gasteiger partial charge in [0.2, 0.25) is 0 Å².